The number of hydrogen-bond acceptors (Lipinski definition) is 4. The van der Waals surface area contributed by atoms with Gasteiger partial charge in [-0.1, -0.05) is 17.3 Å². The lowest BCUT2D eigenvalue weighted by molar-refractivity contribution is -0.0471. The molecule has 0 bridgehead atoms. The first-order chi connectivity index (χ1) is 15.5. The maximum Gasteiger partial charge on any atom is 0.248 e. The molecule has 0 amide bonds. The second kappa shape index (κ2) is 7.62. The summed E-state index contributed by atoms with van der Waals surface area (Å²) in [5, 5.41) is 15.7. The number of aryl methyl sites for hydroxylation is 2. The Bertz CT molecular complexity index is 1320. The second-order valence-corrected chi connectivity index (χ2v) is 9.99. The van der Waals surface area contributed by atoms with Gasteiger partial charge in [-0.15, -0.1) is 0 Å². The van der Waals surface area contributed by atoms with E-state index in [2.05, 4.69) is 15.8 Å². The topological polar surface area (TPSA) is 64.1 Å². The molecule has 0 spiro atoms. The monoisotopic (exact) mass is 453 g/mol. The van der Waals surface area contributed by atoms with E-state index in [4.69, 9.17) is 9.51 Å². The van der Waals surface area contributed by atoms with Crippen molar-refractivity contribution in [2.45, 2.75) is 71.4 Å². The van der Waals surface area contributed by atoms with E-state index in [9.17, 15) is 13.9 Å². The number of pyridine rings is 1. The predicted octanol–water partition coefficient (Wildman–Crippen LogP) is 6.51. The molecule has 1 saturated carbocycles. The number of fused-ring (bicyclic) bond motifs is 3. The number of aliphatic hydroxyl groups is 1. The van der Waals surface area contributed by atoms with Crippen LogP contribution in [0.15, 0.2) is 35.0 Å². The third-order valence-electron chi connectivity index (χ3n) is 7.01. The van der Waals surface area contributed by atoms with Crippen LogP contribution in [0.5, 0.6) is 0 Å². The fraction of sp³-hybridized carbons (Fsp3) is 0.462. The molecule has 5 nitrogen and oxygen atoms in total. The molecule has 3 heterocycles. The van der Waals surface area contributed by atoms with E-state index in [0.717, 1.165) is 50.1 Å². The predicted molar refractivity (Wildman–Crippen MR) is 124 cm³/mol. The van der Waals surface area contributed by atoms with Crippen molar-refractivity contribution in [3.8, 4) is 11.1 Å². The molecule has 0 saturated heterocycles. The van der Waals surface area contributed by atoms with E-state index in [1.165, 1.54) is 0 Å². The van der Waals surface area contributed by atoms with Crippen molar-refractivity contribution in [2.75, 3.05) is 0 Å². The minimum atomic E-state index is -2.55. The summed E-state index contributed by atoms with van der Waals surface area (Å²) >= 11 is 0. The van der Waals surface area contributed by atoms with Crippen LogP contribution in [0.2, 0.25) is 0 Å². The highest BCUT2D eigenvalue weighted by Gasteiger charge is 2.35. The van der Waals surface area contributed by atoms with Crippen molar-refractivity contribution in [2.24, 2.45) is 5.92 Å². The minimum Gasteiger partial charge on any atom is -0.386 e. The molecule has 0 atom stereocenters. The molecule has 7 heteroatoms. The lowest BCUT2D eigenvalue weighted by atomic mass is 9.86. The summed E-state index contributed by atoms with van der Waals surface area (Å²) in [6.45, 7) is 7.95. The highest BCUT2D eigenvalue weighted by Crippen LogP contribution is 2.39. The zero-order valence-corrected chi connectivity index (χ0v) is 19.5. The fourth-order valence-corrected chi connectivity index (χ4v) is 5.10. The Morgan fingerprint density at radius 1 is 1.15 bits per heavy atom. The van der Waals surface area contributed by atoms with Gasteiger partial charge in [0.15, 0.2) is 0 Å². The molecule has 0 radical (unpaired) electrons. The van der Waals surface area contributed by atoms with Crippen LogP contribution in [0.25, 0.3) is 33.1 Å². The van der Waals surface area contributed by atoms with Gasteiger partial charge >= 0.3 is 0 Å². The lowest BCUT2D eigenvalue weighted by Gasteiger charge is -2.29. The van der Waals surface area contributed by atoms with E-state index in [1.54, 1.807) is 13.8 Å². The molecule has 0 aliphatic heterocycles. The molecule has 1 aliphatic rings. The molecule has 1 aliphatic carbocycles. The van der Waals surface area contributed by atoms with Gasteiger partial charge in [-0.25, -0.2) is 8.78 Å². The standard InChI is InChI=1S/C26H29F2N3O2/c1-15-23(16(2)33-30-15)18-11-22-24(29-13-18)20-6-5-19(25(3,4)32)12-21(20)31(22)14-17-7-9-26(27,28)10-8-17/h5-6,11-13,17,32H,7-10,14H2,1-4H3. The van der Waals surface area contributed by atoms with E-state index in [0.29, 0.717) is 19.4 Å². The van der Waals surface area contributed by atoms with Crippen LogP contribution >= 0.6 is 0 Å². The highest BCUT2D eigenvalue weighted by atomic mass is 19.3. The largest absolute Gasteiger partial charge is 0.386 e. The smallest absolute Gasteiger partial charge is 0.248 e. The van der Waals surface area contributed by atoms with Crippen molar-refractivity contribution in [3.05, 3.63) is 47.5 Å². The SMILES string of the molecule is Cc1noc(C)c1-c1cnc2c3ccc(C(C)(C)O)cc3n(CC3CCC(F)(F)CC3)c2c1. The Morgan fingerprint density at radius 2 is 1.88 bits per heavy atom. The molecule has 174 valence electrons. The average Bonchev–Trinajstić information content (AvgIpc) is 3.25. The maximum absolute atomic E-state index is 13.8. The van der Waals surface area contributed by atoms with Gasteiger partial charge in [0.25, 0.3) is 0 Å². The van der Waals surface area contributed by atoms with Crippen molar-refractivity contribution >= 4 is 21.9 Å². The van der Waals surface area contributed by atoms with Gasteiger partial charge in [0, 0.05) is 42.1 Å². The Hall–Kier alpha value is -2.80. The fourth-order valence-electron chi connectivity index (χ4n) is 5.10. The van der Waals surface area contributed by atoms with Gasteiger partial charge in [0.05, 0.1) is 27.8 Å². The van der Waals surface area contributed by atoms with Crippen molar-refractivity contribution in [1.82, 2.24) is 14.7 Å². The van der Waals surface area contributed by atoms with E-state index in [1.807, 2.05) is 38.2 Å². The molecule has 0 unspecified atom stereocenters. The summed E-state index contributed by atoms with van der Waals surface area (Å²) in [6, 6.07) is 8.02. The number of hydrogen-bond donors (Lipinski definition) is 1. The Kier molecular flexibility index (Phi) is 5.08. The van der Waals surface area contributed by atoms with Gasteiger partial charge in [0.1, 0.15) is 5.76 Å². The zero-order valence-electron chi connectivity index (χ0n) is 19.5. The van der Waals surface area contributed by atoms with Crippen LogP contribution in [-0.2, 0) is 12.1 Å². The zero-order chi connectivity index (χ0) is 23.5. The van der Waals surface area contributed by atoms with Crippen LogP contribution in [0, 0.1) is 19.8 Å². The Balaban J connectivity index is 1.69. The third-order valence-corrected chi connectivity index (χ3v) is 7.01. The van der Waals surface area contributed by atoms with Gasteiger partial charge < -0.3 is 14.2 Å². The number of alkyl halides is 2. The van der Waals surface area contributed by atoms with Crippen LogP contribution in [-0.4, -0.2) is 25.7 Å². The van der Waals surface area contributed by atoms with Gasteiger partial charge in [-0.05, 0) is 64.2 Å². The Morgan fingerprint density at radius 3 is 2.52 bits per heavy atom. The number of benzene rings is 1. The molecular weight excluding hydrogens is 424 g/mol. The maximum atomic E-state index is 13.8. The van der Waals surface area contributed by atoms with Gasteiger partial charge in [-0.3, -0.25) is 4.98 Å². The van der Waals surface area contributed by atoms with Crippen LogP contribution < -0.4 is 0 Å². The summed E-state index contributed by atoms with van der Waals surface area (Å²) in [5.74, 6) is -1.66. The summed E-state index contributed by atoms with van der Waals surface area (Å²) in [4.78, 5) is 4.80. The van der Waals surface area contributed by atoms with Gasteiger partial charge in [0.2, 0.25) is 5.92 Å². The molecule has 33 heavy (non-hydrogen) atoms. The first kappa shape index (κ1) is 22.0. The minimum absolute atomic E-state index is 0.0632. The molecule has 5 rings (SSSR count). The van der Waals surface area contributed by atoms with E-state index < -0.39 is 11.5 Å². The average molecular weight is 454 g/mol. The second-order valence-electron chi connectivity index (χ2n) is 9.99. The highest BCUT2D eigenvalue weighted by molar-refractivity contribution is 6.06. The number of halogens is 2. The molecule has 1 fully saturated rings. The molecule has 4 aromatic rings. The lowest BCUT2D eigenvalue weighted by Crippen LogP contribution is -2.26. The normalized spacial score (nSPS) is 17.3. The summed E-state index contributed by atoms with van der Waals surface area (Å²) in [6.07, 6.45) is 2.70. The first-order valence-electron chi connectivity index (χ1n) is 11.5. The van der Waals surface area contributed by atoms with Crippen LogP contribution in [0.4, 0.5) is 8.78 Å². The summed E-state index contributed by atoms with van der Waals surface area (Å²) < 4.78 is 35.1. The number of aromatic nitrogens is 3. The third kappa shape index (κ3) is 3.92. The van der Waals surface area contributed by atoms with Crippen molar-refractivity contribution in [3.63, 3.8) is 0 Å². The quantitative estimate of drug-likeness (QED) is 0.382. The van der Waals surface area contributed by atoms with Crippen LogP contribution in [0.3, 0.4) is 0 Å². The number of rotatable bonds is 4. The summed E-state index contributed by atoms with van der Waals surface area (Å²) in [5.41, 5.74) is 5.24. The first-order valence-corrected chi connectivity index (χ1v) is 11.5. The molecule has 1 N–H and O–H groups in total. The van der Waals surface area contributed by atoms with Crippen molar-refractivity contribution in [1.29, 1.82) is 0 Å². The van der Waals surface area contributed by atoms with E-state index >= 15 is 0 Å². The number of nitrogens with zero attached hydrogens (tertiary/aromatic N) is 3. The van der Waals surface area contributed by atoms with Gasteiger partial charge in [-0.2, -0.15) is 0 Å². The summed E-state index contributed by atoms with van der Waals surface area (Å²) in [7, 11) is 0. The molecular formula is C26H29F2N3O2. The Labute approximate surface area is 191 Å². The molecule has 1 aromatic carbocycles. The molecule has 3 aromatic heterocycles. The van der Waals surface area contributed by atoms with E-state index in [-0.39, 0.29) is 18.8 Å². The van der Waals surface area contributed by atoms with Crippen molar-refractivity contribution < 1.29 is 18.4 Å². The van der Waals surface area contributed by atoms with Crippen LogP contribution in [0.1, 0.15) is 56.5 Å².